The van der Waals surface area contributed by atoms with E-state index in [4.69, 9.17) is 67.7 Å². The second-order valence-electron chi connectivity index (χ2n) is 23.5. The molecule has 19 N–H and O–H groups in total. The number of aromatic nitrogens is 1. The summed E-state index contributed by atoms with van der Waals surface area (Å²) in [6.07, 6.45) is 1.78. The van der Waals surface area contributed by atoms with Gasteiger partial charge in [-0.25, -0.2) is 0 Å². The number of ether oxygens (including phenoxy) is 4. The van der Waals surface area contributed by atoms with E-state index in [1.807, 2.05) is 42.5 Å². The molecule has 1 aliphatic heterocycles. The van der Waals surface area contributed by atoms with Gasteiger partial charge >= 0.3 is 5.37 Å². The SMILES string of the molecule is C.N=C(N)c1ccc(-c2[nH]c3cc(C(=N)N)ccc3c2Cc2cc(NC(=O)CCC(=O)NCCOCCOS)ccc2O)cc1.N=C(N)c1ccc(C2=C(Cc3cc(NC(=O)CCCC(=O)NCCOCCOSC(c4ccc5c(c4)OCO5)[N+](=O)[O-])ccc3O)c3ccc(C(=N)N)cc3C2)cc1. The maximum Gasteiger partial charge on any atom is 0.307 e. The Labute approximate surface area is 603 Å². The predicted octanol–water partition coefficient (Wildman–Crippen LogP) is 9.33. The third-order valence-electron chi connectivity index (χ3n) is 16.4. The molecule has 28 nitrogen and oxygen atoms in total. The Bertz CT molecular complexity index is 4470. The molecule has 1 aliphatic carbocycles. The van der Waals surface area contributed by atoms with Crippen molar-refractivity contribution < 1.29 is 61.6 Å². The highest BCUT2D eigenvalue weighted by molar-refractivity contribution is 7.94. The number of benzene rings is 7. The van der Waals surface area contributed by atoms with E-state index in [2.05, 4.69) is 43.3 Å². The third kappa shape index (κ3) is 21.6. The van der Waals surface area contributed by atoms with Gasteiger partial charge in [-0.2, -0.15) is 0 Å². The molecule has 2 aliphatic rings. The van der Waals surface area contributed by atoms with Crippen LogP contribution >= 0.6 is 25.0 Å². The van der Waals surface area contributed by atoms with E-state index in [0.29, 0.717) is 126 Å². The molecule has 0 bridgehead atoms. The zero-order valence-electron chi connectivity index (χ0n) is 55.3. The third-order valence-corrected chi connectivity index (χ3v) is 17.5. The van der Waals surface area contributed by atoms with Crippen LogP contribution in [0.4, 0.5) is 11.4 Å². The normalized spacial score (nSPS) is 12.1. The first-order valence-corrected chi connectivity index (χ1v) is 33.4. The summed E-state index contributed by atoms with van der Waals surface area (Å²) in [4.78, 5) is 64.4. The molecule has 1 unspecified atom stereocenters. The van der Waals surface area contributed by atoms with Gasteiger partial charge in [0.2, 0.25) is 30.4 Å². The average molecular weight is 1440 g/mol. The van der Waals surface area contributed by atoms with Gasteiger partial charge in [-0.15, -0.1) is 0 Å². The lowest BCUT2D eigenvalue weighted by atomic mass is 9.93. The summed E-state index contributed by atoms with van der Waals surface area (Å²) in [5.41, 5.74) is 35.9. The Hall–Kier alpha value is -11.3. The molecule has 10 rings (SSSR count). The van der Waals surface area contributed by atoms with E-state index >= 15 is 0 Å². The largest absolute Gasteiger partial charge is 0.508 e. The van der Waals surface area contributed by atoms with Crippen LogP contribution in [-0.2, 0) is 56.3 Å². The zero-order chi connectivity index (χ0) is 72.8. The number of phenolic OH excluding ortho intramolecular Hbond substituents is 2. The van der Waals surface area contributed by atoms with Crippen molar-refractivity contribution in [3.8, 4) is 34.3 Å². The average Bonchev–Trinajstić information content (AvgIpc) is 1.64. The number of anilines is 2. The molecule has 540 valence electrons. The fourth-order valence-corrected chi connectivity index (χ4v) is 11.9. The molecule has 30 heteroatoms. The van der Waals surface area contributed by atoms with Gasteiger partial charge in [0.1, 0.15) is 34.8 Å². The molecule has 0 fully saturated rings. The van der Waals surface area contributed by atoms with Crippen molar-refractivity contribution in [2.45, 2.75) is 64.2 Å². The second-order valence-corrected chi connectivity index (χ2v) is 24.6. The summed E-state index contributed by atoms with van der Waals surface area (Å²) in [5, 5.41) is 75.2. The first kappa shape index (κ1) is 77.5. The van der Waals surface area contributed by atoms with Crippen LogP contribution in [0.5, 0.6) is 23.0 Å². The van der Waals surface area contributed by atoms with E-state index < -0.39 is 10.3 Å². The highest BCUT2D eigenvalue weighted by Crippen LogP contribution is 2.43. The van der Waals surface area contributed by atoms with Crippen molar-refractivity contribution in [3.63, 3.8) is 0 Å². The summed E-state index contributed by atoms with van der Waals surface area (Å²) in [5.74, 6) is -0.178. The van der Waals surface area contributed by atoms with Crippen LogP contribution in [0.15, 0.2) is 140 Å². The van der Waals surface area contributed by atoms with E-state index in [1.54, 1.807) is 84.9 Å². The first-order valence-electron chi connectivity index (χ1n) is 32.2. The van der Waals surface area contributed by atoms with Crippen LogP contribution in [0.1, 0.15) is 106 Å². The Morgan fingerprint density at radius 3 is 1.75 bits per heavy atom. The van der Waals surface area contributed by atoms with Gasteiger partial charge in [0.15, 0.2) is 11.5 Å². The van der Waals surface area contributed by atoms with Crippen molar-refractivity contribution in [2.75, 3.05) is 70.2 Å². The van der Waals surface area contributed by atoms with Crippen molar-refractivity contribution >= 4 is 105 Å². The number of nitrogens with zero attached hydrogens (tertiary/aromatic N) is 1. The Balaban J connectivity index is 0.000000268. The van der Waals surface area contributed by atoms with Gasteiger partial charge in [0, 0.05) is 118 Å². The number of thiol groups is 1. The number of carbonyl (C=O) groups excluding carboxylic acids is 4. The van der Waals surface area contributed by atoms with Crippen LogP contribution in [0.25, 0.3) is 33.3 Å². The number of rotatable bonds is 35. The Morgan fingerprint density at radius 2 is 1.14 bits per heavy atom. The van der Waals surface area contributed by atoms with Crippen molar-refractivity contribution in [1.29, 1.82) is 21.6 Å². The van der Waals surface area contributed by atoms with Gasteiger partial charge in [-0.3, -0.25) is 50.9 Å². The summed E-state index contributed by atoms with van der Waals surface area (Å²) < 4.78 is 31.2. The van der Waals surface area contributed by atoms with E-state index in [9.17, 15) is 39.5 Å². The molecule has 0 spiro atoms. The maximum absolute atomic E-state index is 12.8. The molecule has 2 heterocycles. The lowest BCUT2D eigenvalue weighted by Crippen LogP contribution is -2.28. The van der Waals surface area contributed by atoms with Gasteiger partial charge < -0.3 is 86.7 Å². The second kappa shape index (κ2) is 37.4. The highest BCUT2D eigenvalue weighted by Gasteiger charge is 2.29. The number of aromatic hydroxyl groups is 2. The topological polar surface area (TPSA) is 471 Å². The maximum atomic E-state index is 12.8. The van der Waals surface area contributed by atoms with E-state index in [-0.39, 0.29) is 125 Å². The van der Waals surface area contributed by atoms with Gasteiger partial charge in [-0.1, -0.05) is 80.2 Å². The molecule has 4 amide bonds. The minimum Gasteiger partial charge on any atom is -0.508 e. The van der Waals surface area contributed by atoms with Crippen molar-refractivity contribution in [3.05, 3.63) is 211 Å². The Kier molecular flexibility index (Phi) is 28.1. The molecular weight excluding hydrogens is 1360 g/mol. The van der Waals surface area contributed by atoms with E-state index in [1.165, 1.54) is 12.1 Å². The molecular formula is C73H82N14O14S2. The van der Waals surface area contributed by atoms with Crippen LogP contribution in [0.3, 0.4) is 0 Å². The molecule has 0 saturated heterocycles. The number of hydrogen-bond donors (Lipinski definition) is 16. The number of fused-ring (bicyclic) bond motifs is 3. The first-order chi connectivity index (χ1) is 49.1. The number of hydrogen-bond acceptors (Lipinski definition) is 20. The standard InChI is InChI=1S/C41H43N7O9S.C31H35N7O5S.CH4/c42-39(43)25-6-4-24(5-7-25)32-20-28-18-26(40(44)45)8-11-31(28)33(32)21-29-19-30(10-12-34(29)49)47-38(51)3-1-2-37(50)46-14-15-54-16-17-57-58-41(48(52)53)27-9-13-35-36(22-27)56-23-55-35;32-30(33)19-3-1-18(2-4-19)29-24(23-7-5-20(31(34)35)17-25(23)38-29)16-21-15-22(6-8-26(21)39)37-28(41)10-9-27(40)36-11-12-42-13-14-43-44;/h4-13,18-19,22,41,49H,1-3,14-17,20-21,23H2,(H3,42,43)(H3,44,45)(H,46,50)(H,47,51);1-8,15,17,38-39,44H,9-14,16H2,(H3,32,33)(H3,34,35)(H,36,40)(H,37,41);1H4. The smallest absolute Gasteiger partial charge is 0.307 e. The molecule has 0 radical (unpaired) electrons. The summed E-state index contributed by atoms with van der Waals surface area (Å²) in [6.45, 7) is 2.14. The summed E-state index contributed by atoms with van der Waals surface area (Å²) >= 11 is 4.33. The lowest BCUT2D eigenvalue weighted by Gasteiger charge is -2.13. The minimum atomic E-state index is -1.16. The zero-order valence-corrected chi connectivity index (χ0v) is 57.0. The number of phenols is 2. The number of nitrogens with two attached hydrogens (primary N) is 4. The van der Waals surface area contributed by atoms with Gasteiger partial charge in [0.25, 0.3) is 0 Å². The van der Waals surface area contributed by atoms with Crippen LogP contribution in [0, 0.1) is 31.8 Å². The molecule has 0 saturated carbocycles. The summed E-state index contributed by atoms with van der Waals surface area (Å²) in [7, 11) is 0. The minimum absolute atomic E-state index is 0. The quantitative estimate of drug-likeness (QED) is 0.00202. The van der Waals surface area contributed by atoms with Crippen LogP contribution in [0.2, 0.25) is 0 Å². The highest BCUT2D eigenvalue weighted by atomic mass is 32.2. The predicted molar refractivity (Wildman–Crippen MR) is 399 cm³/mol. The van der Waals surface area contributed by atoms with Gasteiger partial charge in [0.05, 0.1) is 57.4 Å². The Morgan fingerprint density at radius 1 is 0.602 bits per heavy atom. The number of carbonyl (C=O) groups is 4. The lowest BCUT2D eigenvalue weighted by molar-refractivity contribution is -0.501. The molecule has 1 atom stereocenters. The van der Waals surface area contributed by atoms with Gasteiger partial charge in [-0.05, 0) is 131 Å². The van der Waals surface area contributed by atoms with E-state index in [0.717, 1.165) is 55.6 Å². The number of amides is 4. The fourth-order valence-electron chi connectivity index (χ4n) is 11.2. The monoisotopic (exact) mass is 1440 g/mol. The van der Waals surface area contributed by atoms with Crippen LogP contribution < -0.4 is 53.7 Å². The summed E-state index contributed by atoms with van der Waals surface area (Å²) in [6, 6.07) is 40.2. The number of nitro groups is 1. The number of nitrogen functional groups attached to an aromatic ring is 4. The molecule has 103 heavy (non-hydrogen) atoms. The number of H-pyrrole nitrogens is 1. The number of allylic oxidation sites excluding steroid dienone is 2. The fraction of sp³-hybridized carbons (Fsp3) is 0.260. The molecule has 7 aromatic carbocycles. The van der Waals surface area contributed by atoms with Crippen LogP contribution in [-0.4, -0.2) is 127 Å². The molecule has 8 aromatic rings. The number of aromatic amines is 1. The number of amidine groups is 4. The number of nitrogens with one attached hydrogen (secondary N) is 9. The molecule has 1 aromatic heterocycles. The van der Waals surface area contributed by atoms with Crippen molar-refractivity contribution in [2.24, 2.45) is 22.9 Å². The van der Waals surface area contributed by atoms with Crippen molar-refractivity contribution in [1.82, 2.24) is 15.6 Å².